The molecule has 0 fully saturated rings. The zero-order chi connectivity index (χ0) is 50.7. The van der Waals surface area contributed by atoms with E-state index < -0.39 is 12.1 Å². The number of allylic oxidation sites excluding steroid dienone is 3. The third-order valence-corrected chi connectivity index (χ3v) is 14.7. The first-order chi connectivity index (χ1) is 34.5. The second-order valence-corrected chi connectivity index (χ2v) is 21.7. The summed E-state index contributed by atoms with van der Waals surface area (Å²) >= 11 is 0. The maximum absolute atomic E-state index is 12.5. The van der Waals surface area contributed by atoms with Crippen molar-refractivity contribution in [3.63, 3.8) is 0 Å². The molecule has 0 spiro atoms. The number of nitrogens with one attached hydrogen (secondary N) is 1. The van der Waals surface area contributed by atoms with Gasteiger partial charge < -0.3 is 20.3 Å². The van der Waals surface area contributed by atoms with Crippen LogP contribution in [0.2, 0.25) is 0 Å². The standard InChI is InChI=1S/C64H123NO5/c1-3-5-7-9-11-13-15-17-19-21-23-24-25-28-32-36-40-44-48-52-56-62(67)61(60-66)65-63(68)57-53-49-45-41-37-33-29-27-31-35-39-43-47-51-55-59-70-64(69)58-54-50-46-42-38-34-30-26-22-20-18-16-14-12-10-8-6-4-2/h31,35,52,56,61-62,66-67H,3-30,32-34,36-51,53-55,57-60H2,1-2H3,(H,65,68)/b35-31-,56-52+. The van der Waals surface area contributed by atoms with E-state index in [4.69, 9.17) is 4.74 Å². The van der Waals surface area contributed by atoms with E-state index in [2.05, 4.69) is 31.3 Å². The Balaban J connectivity index is 3.47. The van der Waals surface area contributed by atoms with Crippen molar-refractivity contribution in [2.75, 3.05) is 13.2 Å². The van der Waals surface area contributed by atoms with E-state index in [0.717, 1.165) is 70.6 Å². The minimum absolute atomic E-state index is 0.00617. The van der Waals surface area contributed by atoms with Crippen LogP contribution in [0.5, 0.6) is 0 Å². The van der Waals surface area contributed by atoms with Crippen LogP contribution < -0.4 is 5.32 Å². The molecular formula is C64H123NO5. The van der Waals surface area contributed by atoms with E-state index in [1.165, 1.54) is 250 Å². The zero-order valence-electron chi connectivity index (χ0n) is 47.3. The van der Waals surface area contributed by atoms with Crippen molar-refractivity contribution in [3.05, 3.63) is 24.3 Å². The molecular weight excluding hydrogens is 863 g/mol. The highest BCUT2D eigenvalue weighted by atomic mass is 16.5. The molecule has 0 saturated heterocycles. The van der Waals surface area contributed by atoms with Crippen LogP contribution in [0.4, 0.5) is 0 Å². The maximum Gasteiger partial charge on any atom is 0.305 e. The SMILES string of the molecule is CCCCCCCCCCCCCCCCCCCC/C=C/C(O)C(CO)NC(=O)CCCCCCCCC/C=C\CCCCCCOC(=O)CCCCCCCCCCCCCCCCCCCC. The first kappa shape index (κ1) is 68.3. The summed E-state index contributed by atoms with van der Waals surface area (Å²) in [5.41, 5.74) is 0. The molecule has 70 heavy (non-hydrogen) atoms. The summed E-state index contributed by atoms with van der Waals surface area (Å²) in [5, 5.41) is 23.2. The summed E-state index contributed by atoms with van der Waals surface area (Å²) < 4.78 is 5.48. The van der Waals surface area contributed by atoms with Gasteiger partial charge in [-0.2, -0.15) is 0 Å². The monoisotopic (exact) mass is 986 g/mol. The summed E-state index contributed by atoms with van der Waals surface area (Å²) in [6, 6.07) is -0.640. The number of rotatable bonds is 59. The van der Waals surface area contributed by atoms with Crippen molar-refractivity contribution >= 4 is 11.9 Å². The van der Waals surface area contributed by atoms with Gasteiger partial charge in [0, 0.05) is 12.8 Å². The molecule has 0 aromatic heterocycles. The fourth-order valence-electron chi connectivity index (χ4n) is 9.87. The molecule has 0 radical (unpaired) electrons. The van der Waals surface area contributed by atoms with E-state index in [1.807, 2.05) is 6.08 Å². The number of hydrogen-bond donors (Lipinski definition) is 3. The minimum Gasteiger partial charge on any atom is -0.466 e. The van der Waals surface area contributed by atoms with Crippen molar-refractivity contribution in [2.45, 2.75) is 360 Å². The quantitative estimate of drug-likeness (QED) is 0.0321. The predicted octanol–water partition coefficient (Wildman–Crippen LogP) is 19.8. The Labute approximate surface area is 437 Å². The molecule has 0 saturated carbocycles. The Bertz CT molecular complexity index is 1090. The van der Waals surface area contributed by atoms with Crippen molar-refractivity contribution in [2.24, 2.45) is 0 Å². The van der Waals surface area contributed by atoms with Crippen molar-refractivity contribution in [1.29, 1.82) is 0 Å². The molecule has 414 valence electrons. The lowest BCUT2D eigenvalue weighted by Gasteiger charge is -2.20. The fourth-order valence-corrected chi connectivity index (χ4v) is 9.87. The number of carbonyl (C=O) groups is 2. The van der Waals surface area contributed by atoms with Crippen LogP contribution in [0.1, 0.15) is 348 Å². The topological polar surface area (TPSA) is 95.9 Å². The third-order valence-electron chi connectivity index (χ3n) is 14.7. The highest BCUT2D eigenvalue weighted by Gasteiger charge is 2.18. The number of esters is 1. The molecule has 1 amide bonds. The second-order valence-electron chi connectivity index (χ2n) is 21.7. The van der Waals surface area contributed by atoms with Crippen LogP contribution in [0.3, 0.4) is 0 Å². The number of unbranched alkanes of at least 4 members (excludes halogenated alkanes) is 46. The molecule has 0 aromatic rings. The largest absolute Gasteiger partial charge is 0.466 e. The highest BCUT2D eigenvalue weighted by molar-refractivity contribution is 5.76. The van der Waals surface area contributed by atoms with Crippen molar-refractivity contribution < 1.29 is 24.5 Å². The number of aliphatic hydroxyl groups is 2. The van der Waals surface area contributed by atoms with E-state index in [1.54, 1.807) is 6.08 Å². The summed E-state index contributed by atoms with van der Waals surface area (Å²) in [4.78, 5) is 24.6. The Morgan fingerprint density at radius 1 is 0.386 bits per heavy atom. The van der Waals surface area contributed by atoms with Crippen molar-refractivity contribution in [1.82, 2.24) is 5.32 Å². The number of ether oxygens (including phenoxy) is 1. The lowest BCUT2D eigenvalue weighted by molar-refractivity contribution is -0.143. The van der Waals surface area contributed by atoms with Gasteiger partial charge in [-0.3, -0.25) is 9.59 Å². The molecule has 3 N–H and O–H groups in total. The lowest BCUT2D eigenvalue weighted by Crippen LogP contribution is -2.45. The molecule has 0 aliphatic rings. The molecule has 0 bridgehead atoms. The first-order valence-electron chi connectivity index (χ1n) is 31.6. The van der Waals surface area contributed by atoms with E-state index in [9.17, 15) is 19.8 Å². The molecule has 0 aromatic carbocycles. The third kappa shape index (κ3) is 55.7. The van der Waals surface area contributed by atoms with Gasteiger partial charge in [0.15, 0.2) is 0 Å². The molecule has 0 aliphatic heterocycles. The summed E-state index contributed by atoms with van der Waals surface area (Å²) in [7, 11) is 0. The fraction of sp³-hybridized carbons (Fsp3) is 0.906. The van der Waals surface area contributed by atoms with Crippen LogP contribution >= 0.6 is 0 Å². The van der Waals surface area contributed by atoms with E-state index in [-0.39, 0.29) is 18.5 Å². The first-order valence-corrected chi connectivity index (χ1v) is 31.6. The molecule has 2 unspecified atom stereocenters. The Morgan fingerprint density at radius 3 is 1.01 bits per heavy atom. The van der Waals surface area contributed by atoms with Gasteiger partial charge in [-0.1, -0.05) is 301 Å². The second kappa shape index (κ2) is 59.9. The Kier molecular flexibility index (Phi) is 58.5. The van der Waals surface area contributed by atoms with Crippen LogP contribution in [-0.4, -0.2) is 47.4 Å². The molecule has 0 aliphatic carbocycles. The van der Waals surface area contributed by atoms with Crippen molar-refractivity contribution in [3.8, 4) is 0 Å². The Hall–Kier alpha value is -1.66. The van der Waals surface area contributed by atoms with Gasteiger partial charge in [-0.25, -0.2) is 0 Å². The average Bonchev–Trinajstić information content (AvgIpc) is 3.36. The Morgan fingerprint density at radius 2 is 0.671 bits per heavy atom. The molecule has 0 heterocycles. The number of aliphatic hydroxyl groups excluding tert-OH is 2. The lowest BCUT2D eigenvalue weighted by atomic mass is 10.0. The zero-order valence-corrected chi connectivity index (χ0v) is 47.3. The van der Waals surface area contributed by atoms with Crippen LogP contribution in [0, 0.1) is 0 Å². The molecule has 2 atom stereocenters. The van der Waals surface area contributed by atoms with Gasteiger partial charge in [0.1, 0.15) is 0 Å². The van der Waals surface area contributed by atoms with Gasteiger partial charge in [0.25, 0.3) is 0 Å². The van der Waals surface area contributed by atoms with Gasteiger partial charge in [-0.15, -0.1) is 0 Å². The van der Waals surface area contributed by atoms with Gasteiger partial charge in [-0.05, 0) is 57.8 Å². The average molecular weight is 987 g/mol. The highest BCUT2D eigenvalue weighted by Crippen LogP contribution is 2.18. The maximum atomic E-state index is 12.5. The predicted molar refractivity (Wildman–Crippen MR) is 306 cm³/mol. The molecule has 6 heteroatoms. The normalized spacial score (nSPS) is 12.7. The number of amides is 1. The smallest absolute Gasteiger partial charge is 0.305 e. The summed E-state index contributed by atoms with van der Waals surface area (Å²) in [6.45, 7) is 4.90. The van der Waals surface area contributed by atoms with E-state index >= 15 is 0 Å². The van der Waals surface area contributed by atoms with Crippen LogP contribution in [0.25, 0.3) is 0 Å². The van der Waals surface area contributed by atoms with Gasteiger partial charge in [0.05, 0.1) is 25.4 Å². The molecule has 6 nitrogen and oxygen atoms in total. The van der Waals surface area contributed by atoms with Gasteiger partial charge >= 0.3 is 5.97 Å². The minimum atomic E-state index is -0.855. The van der Waals surface area contributed by atoms with E-state index in [0.29, 0.717) is 19.4 Å². The summed E-state index contributed by atoms with van der Waals surface area (Å²) in [6.07, 6.45) is 73.6. The van der Waals surface area contributed by atoms with Gasteiger partial charge in [0.2, 0.25) is 5.91 Å². The van der Waals surface area contributed by atoms with Crippen LogP contribution in [-0.2, 0) is 14.3 Å². The van der Waals surface area contributed by atoms with Crippen LogP contribution in [0.15, 0.2) is 24.3 Å². The molecule has 0 rings (SSSR count). The summed E-state index contributed by atoms with van der Waals surface area (Å²) in [5.74, 6) is -0.0862. The number of hydrogen-bond acceptors (Lipinski definition) is 5. The number of carbonyl (C=O) groups excluding carboxylic acids is 2.